The summed E-state index contributed by atoms with van der Waals surface area (Å²) in [5.41, 5.74) is 1.18. The van der Waals surface area contributed by atoms with Gasteiger partial charge in [0.2, 0.25) is 0 Å². The van der Waals surface area contributed by atoms with Gasteiger partial charge < -0.3 is 0 Å². The molecule has 2 aromatic carbocycles. The van der Waals surface area contributed by atoms with E-state index < -0.39 is 10.0 Å². The number of para-hydroxylation sites is 1. The van der Waals surface area contributed by atoms with E-state index in [1.807, 2.05) is 30.3 Å². The molecule has 112 valence electrons. The first-order valence-corrected chi connectivity index (χ1v) is 9.30. The van der Waals surface area contributed by atoms with Crippen LogP contribution in [0.25, 0.3) is 0 Å². The lowest BCUT2D eigenvalue weighted by atomic mass is 10.2. The third-order valence-electron chi connectivity index (χ3n) is 3.47. The lowest BCUT2D eigenvalue weighted by molar-refractivity contribution is 0.590. The highest BCUT2D eigenvalue weighted by molar-refractivity contribution is 7.99. The van der Waals surface area contributed by atoms with E-state index in [2.05, 4.69) is 0 Å². The van der Waals surface area contributed by atoms with Gasteiger partial charge in [-0.3, -0.25) is 4.31 Å². The van der Waals surface area contributed by atoms with Gasteiger partial charge in [0.1, 0.15) is 0 Å². The van der Waals surface area contributed by atoms with Crippen molar-refractivity contribution in [3.63, 3.8) is 0 Å². The van der Waals surface area contributed by atoms with E-state index in [1.165, 1.54) is 28.6 Å². The Hall–Kier alpha value is -1.97. The number of nitrogens with zero attached hydrogens (tertiary/aromatic N) is 2. The molecule has 0 bridgehead atoms. The number of anilines is 1. The summed E-state index contributed by atoms with van der Waals surface area (Å²) in [6.07, 6.45) is 0.800. The van der Waals surface area contributed by atoms with Crippen LogP contribution in [0.1, 0.15) is 12.0 Å². The first-order valence-electron chi connectivity index (χ1n) is 6.87. The Morgan fingerprint density at radius 1 is 1.09 bits per heavy atom. The molecule has 22 heavy (non-hydrogen) atoms. The van der Waals surface area contributed by atoms with Gasteiger partial charge in [0, 0.05) is 11.4 Å². The summed E-state index contributed by atoms with van der Waals surface area (Å²) in [7, 11) is -3.61. The van der Waals surface area contributed by atoms with Crippen molar-refractivity contribution in [2.75, 3.05) is 16.6 Å². The van der Waals surface area contributed by atoms with Gasteiger partial charge in [-0.2, -0.15) is 5.26 Å². The highest BCUT2D eigenvalue weighted by Crippen LogP contribution is 2.36. The second-order valence-electron chi connectivity index (χ2n) is 4.88. The number of sulfonamides is 1. The highest BCUT2D eigenvalue weighted by atomic mass is 32.2. The van der Waals surface area contributed by atoms with Crippen LogP contribution in [0, 0.1) is 11.3 Å². The molecule has 1 heterocycles. The Kier molecular flexibility index (Phi) is 4.10. The molecule has 0 amide bonds. The fourth-order valence-electron chi connectivity index (χ4n) is 2.37. The molecule has 2 aromatic rings. The number of hydrogen-bond acceptors (Lipinski definition) is 4. The molecule has 0 atom stereocenters. The van der Waals surface area contributed by atoms with Gasteiger partial charge >= 0.3 is 0 Å². The lowest BCUT2D eigenvalue weighted by Gasteiger charge is -2.24. The first-order chi connectivity index (χ1) is 10.6. The van der Waals surface area contributed by atoms with E-state index in [0.29, 0.717) is 12.1 Å². The normalized spacial score (nSPS) is 14.8. The maximum atomic E-state index is 12.9. The largest absolute Gasteiger partial charge is 0.265 e. The predicted octanol–water partition coefficient (Wildman–Crippen LogP) is 3.25. The molecule has 0 saturated carbocycles. The summed E-state index contributed by atoms with van der Waals surface area (Å²) in [5.74, 6) is 0.899. The molecule has 0 saturated heterocycles. The summed E-state index contributed by atoms with van der Waals surface area (Å²) in [5, 5.41) is 8.83. The van der Waals surface area contributed by atoms with Crippen LogP contribution >= 0.6 is 11.8 Å². The number of fused-ring (bicyclic) bond motifs is 1. The topological polar surface area (TPSA) is 61.2 Å². The molecule has 0 unspecified atom stereocenters. The Bertz CT molecular complexity index is 824. The molecule has 6 heteroatoms. The van der Waals surface area contributed by atoms with Gasteiger partial charge in [-0.15, -0.1) is 11.8 Å². The van der Waals surface area contributed by atoms with E-state index in [1.54, 1.807) is 11.8 Å². The number of nitriles is 1. The SMILES string of the molecule is N#Cc1ccc(S(=O)(=O)N2CCCSc3ccccc32)cc1. The maximum Gasteiger partial charge on any atom is 0.264 e. The Morgan fingerprint density at radius 2 is 1.82 bits per heavy atom. The van der Waals surface area contributed by atoms with Crippen LogP contribution in [0.5, 0.6) is 0 Å². The van der Waals surface area contributed by atoms with Gasteiger partial charge in [-0.1, -0.05) is 12.1 Å². The van der Waals surface area contributed by atoms with Crippen LogP contribution in [0.4, 0.5) is 5.69 Å². The molecule has 1 aliphatic rings. The molecule has 3 rings (SSSR count). The smallest absolute Gasteiger partial charge is 0.264 e. The van der Waals surface area contributed by atoms with Gasteiger partial charge in [0.25, 0.3) is 10.0 Å². The average molecular weight is 330 g/mol. The van der Waals surface area contributed by atoms with Gasteiger partial charge in [0.05, 0.1) is 22.2 Å². The van der Waals surface area contributed by atoms with E-state index in [4.69, 9.17) is 5.26 Å². The van der Waals surface area contributed by atoms with Crippen molar-refractivity contribution in [2.45, 2.75) is 16.2 Å². The van der Waals surface area contributed by atoms with Crippen LogP contribution in [-0.4, -0.2) is 20.7 Å². The van der Waals surface area contributed by atoms with E-state index in [-0.39, 0.29) is 4.90 Å². The van der Waals surface area contributed by atoms with Crippen molar-refractivity contribution < 1.29 is 8.42 Å². The molecule has 0 N–H and O–H groups in total. The van der Waals surface area contributed by atoms with Crippen molar-refractivity contribution in [2.24, 2.45) is 0 Å². The van der Waals surface area contributed by atoms with E-state index >= 15 is 0 Å². The molecule has 0 aliphatic carbocycles. The molecular weight excluding hydrogens is 316 g/mol. The van der Waals surface area contributed by atoms with Crippen molar-refractivity contribution in [1.82, 2.24) is 0 Å². The van der Waals surface area contributed by atoms with Crippen LogP contribution in [0.3, 0.4) is 0 Å². The molecule has 0 fully saturated rings. The van der Waals surface area contributed by atoms with E-state index in [0.717, 1.165) is 22.8 Å². The van der Waals surface area contributed by atoms with E-state index in [9.17, 15) is 8.42 Å². The highest BCUT2D eigenvalue weighted by Gasteiger charge is 2.28. The third-order valence-corrected chi connectivity index (χ3v) is 6.44. The molecule has 1 aliphatic heterocycles. The number of rotatable bonds is 2. The standard InChI is InChI=1S/C16H14N2O2S2/c17-12-13-6-8-14(9-7-13)22(19,20)18-10-3-11-21-16-5-2-1-4-15(16)18/h1-2,4-9H,3,10-11H2. The van der Waals surface area contributed by atoms with Crippen LogP contribution in [0.15, 0.2) is 58.3 Å². The fraction of sp³-hybridized carbons (Fsp3) is 0.188. The first kappa shape index (κ1) is 14.9. The number of hydrogen-bond donors (Lipinski definition) is 0. The van der Waals surface area contributed by atoms with Crippen LogP contribution in [0.2, 0.25) is 0 Å². The predicted molar refractivity (Wildman–Crippen MR) is 87.5 cm³/mol. The lowest BCUT2D eigenvalue weighted by Crippen LogP contribution is -2.31. The minimum atomic E-state index is -3.61. The Balaban J connectivity index is 2.06. The minimum Gasteiger partial charge on any atom is -0.265 e. The zero-order valence-electron chi connectivity index (χ0n) is 11.8. The van der Waals surface area contributed by atoms with Crippen LogP contribution < -0.4 is 4.31 Å². The van der Waals surface area contributed by atoms with Crippen molar-refractivity contribution in [1.29, 1.82) is 5.26 Å². The Morgan fingerprint density at radius 3 is 2.55 bits per heavy atom. The molecular formula is C16H14N2O2S2. The van der Waals surface area contributed by atoms with Crippen molar-refractivity contribution in [3.05, 3.63) is 54.1 Å². The molecule has 4 nitrogen and oxygen atoms in total. The van der Waals surface area contributed by atoms with Gasteiger partial charge in [-0.05, 0) is 48.6 Å². The number of thioether (sulfide) groups is 1. The molecule has 0 radical (unpaired) electrons. The molecule has 0 aromatic heterocycles. The van der Waals surface area contributed by atoms with Gasteiger partial charge in [-0.25, -0.2) is 8.42 Å². The van der Waals surface area contributed by atoms with Crippen LogP contribution in [-0.2, 0) is 10.0 Å². The summed E-state index contributed by atoms with van der Waals surface area (Å²) < 4.78 is 27.3. The second kappa shape index (κ2) is 6.03. The Labute approximate surface area is 134 Å². The quantitative estimate of drug-likeness (QED) is 0.848. The second-order valence-corrected chi connectivity index (χ2v) is 7.88. The summed E-state index contributed by atoms with van der Waals surface area (Å²) in [6.45, 7) is 0.465. The zero-order valence-corrected chi connectivity index (χ0v) is 13.4. The summed E-state index contributed by atoms with van der Waals surface area (Å²) in [4.78, 5) is 1.20. The minimum absolute atomic E-state index is 0.216. The average Bonchev–Trinajstić information content (AvgIpc) is 2.77. The zero-order chi connectivity index (χ0) is 15.6. The summed E-state index contributed by atoms with van der Waals surface area (Å²) in [6, 6.07) is 15.6. The number of benzene rings is 2. The maximum absolute atomic E-state index is 12.9. The molecule has 0 spiro atoms. The van der Waals surface area contributed by atoms with Gasteiger partial charge in [0.15, 0.2) is 0 Å². The van der Waals surface area contributed by atoms with Crippen molar-refractivity contribution in [3.8, 4) is 6.07 Å². The monoisotopic (exact) mass is 330 g/mol. The van der Waals surface area contributed by atoms with Crippen molar-refractivity contribution >= 4 is 27.5 Å². The third kappa shape index (κ3) is 2.70. The fourth-order valence-corrected chi connectivity index (χ4v) is 4.95. The summed E-state index contributed by atoms with van der Waals surface area (Å²) >= 11 is 1.68.